The van der Waals surface area contributed by atoms with E-state index in [4.69, 9.17) is 0 Å². The van der Waals surface area contributed by atoms with E-state index in [-0.39, 0.29) is 17.1 Å². The number of amides is 2. The lowest BCUT2D eigenvalue weighted by molar-refractivity contribution is -0.115. The van der Waals surface area contributed by atoms with Crippen molar-refractivity contribution in [1.82, 2.24) is 4.90 Å². The number of thioether (sulfide) groups is 1. The van der Waals surface area contributed by atoms with E-state index >= 15 is 0 Å². The van der Waals surface area contributed by atoms with Crippen molar-refractivity contribution in [3.63, 3.8) is 0 Å². The number of anilines is 1. The maximum absolute atomic E-state index is 13.0. The van der Waals surface area contributed by atoms with Crippen LogP contribution in [0, 0.1) is 0 Å². The smallest absolute Gasteiger partial charge is 0.253 e. The molecular weight excluding hydrogens is 368 g/mol. The van der Waals surface area contributed by atoms with Gasteiger partial charge >= 0.3 is 0 Å². The van der Waals surface area contributed by atoms with Crippen LogP contribution in [0.2, 0.25) is 0 Å². The monoisotopic (exact) mass is 390 g/mol. The first kappa shape index (κ1) is 19.7. The molecule has 28 heavy (non-hydrogen) atoms. The van der Waals surface area contributed by atoms with Crippen LogP contribution in [0.4, 0.5) is 5.69 Å². The summed E-state index contributed by atoms with van der Waals surface area (Å²) in [5.74, 6) is -0.175. The zero-order valence-corrected chi connectivity index (χ0v) is 16.6. The molecule has 0 spiro atoms. The van der Waals surface area contributed by atoms with Crippen molar-refractivity contribution in [3.05, 3.63) is 96.1 Å². The molecule has 142 valence electrons. The minimum atomic E-state index is -0.383. The second-order valence-electron chi connectivity index (χ2n) is 6.49. The van der Waals surface area contributed by atoms with Gasteiger partial charge in [-0.25, -0.2) is 0 Å². The Balaban J connectivity index is 1.78. The van der Waals surface area contributed by atoms with E-state index < -0.39 is 0 Å². The number of hydrogen-bond acceptors (Lipinski definition) is 3. The summed E-state index contributed by atoms with van der Waals surface area (Å²) in [4.78, 5) is 27.6. The second-order valence-corrected chi connectivity index (χ2v) is 7.67. The van der Waals surface area contributed by atoms with Gasteiger partial charge in [0.25, 0.3) is 5.91 Å². The average molecular weight is 391 g/mol. The third kappa shape index (κ3) is 5.02. The molecule has 0 saturated carbocycles. The first-order valence-corrected chi connectivity index (χ1v) is 9.82. The van der Waals surface area contributed by atoms with Crippen molar-refractivity contribution in [3.8, 4) is 0 Å². The van der Waals surface area contributed by atoms with E-state index in [0.29, 0.717) is 11.3 Å². The summed E-state index contributed by atoms with van der Waals surface area (Å²) in [6.45, 7) is 0. The molecule has 0 saturated heterocycles. The fourth-order valence-corrected chi connectivity index (χ4v) is 3.74. The number of carbonyl (C=O) groups is 2. The summed E-state index contributed by atoms with van der Waals surface area (Å²) in [7, 11) is 3.42. The SMILES string of the molecule is CN(C)C(=O)c1ccc(NC(=O)[C@H](Sc2ccccc2)c2ccccc2)cc1. The molecule has 0 radical (unpaired) electrons. The van der Waals surface area contributed by atoms with Gasteiger partial charge in [0.1, 0.15) is 5.25 Å². The molecule has 0 unspecified atom stereocenters. The van der Waals surface area contributed by atoms with Gasteiger partial charge in [-0.1, -0.05) is 48.5 Å². The first-order valence-electron chi connectivity index (χ1n) is 8.94. The Bertz CT molecular complexity index is 926. The molecule has 0 aromatic heterocycles. The summed E-state index contributed by atoms with van der Waals surface area (Å²) in [5, 5.41) is 2.59. The van der Waals surface area contributed by atoms with Gasteiger partial charge in [-0.3, -0.25) is 9.59 Å². The molecule has 0 aliphatic heterocycles. The fourth-order valence-electron chi connectivity index (χ4n) is 2.70. The normalized spacial score (nSPS) is 11.5. The predicted octanol–water partition coefficient (Wildman–Crippen LogP) is 4.86. The molecule has 3 rings (SSSR count). The van der Waals surface area contributed by atoms with Crippen molar-refractivity contribution in [2.45, 2.75) is 10.1 Å². The number of benzene rings is 3. The zero-order valence-electron chi connectivity index (χ0n) is 15.8. The maximum Gasteiger partial charge on any atom is 0.253 e. The molecule has 0 heterocycles. The Labute approximate surface area is 169 Å². The van der Waals surface area contributed by atoms with E-state index in [1.165, 1.54) is 16.7 Å². The molecule has 0 aliphatic carbocycles. The van der Waals surface area contributed by atoms with E-state index in [9.17, 15) is 9.59 Å². The number of nitrogens with one attached hydrogen (secondary N) is 1. The van der Waals surface area contributed by atoms with E-state index in [1.807, 2.05) is 60.7 Å². The topological polar surface area (TPSA) is 49.4 Å². The van der Waals surface area contributed by atoms with E-state index in [2.05, 4.69) is 5.32 Å². The molecule has 1 N–H and O–H groups in total. The van der Waals surface area contributed by atoms with Crippen LogP contribution in [-0.2, 0) is 4.79 Å². The highest BCUT2D eigenvalue weighted by molar-refractivity contribution is 8.00. The van der Waals surface area contributed by atoms with Gasteiger partial charge in [-0.2, -0.15) is 0 Å². The lowest BCUT2D eigenvalue weighted by Crippen LogP contribution is -2.22. The molecular formula is C23H22N2O2S. The molecule has 3 aromatic carbocycles. The molecule has 2 amide bonds. The molecule has 0 fully saturated rings. The van der Waals surface area contributed by atoms with E-state index in [1.54, 1.807) is 38.4 Å². The summed E-state index contributed by atoms with van der Waals surface area (Å²) in [6, 6.07) is 26.5. The summed E-state index contributed by atoms with van der Waals surface area (Å²) in [5.41, 5.74) is 2.18. The third-order valence-electron chi connectivity index (χ3n) is 4.14. The van der Waals surface area contributed by atoms with Gasteiger partial charge in [-0.15, -0.1) is 11.8 Å². The summed E-state index contributed by atoms with van der Waals surface area (Å²) in [6.07, 6.45) is 0. The zero-order chi connectivity index (χ0) is 19.9. The van der Waals surface area contributed by atoms with E-state index in [0.717, 1.165) is 10.5 Å². The van der Waals surface area contributed by atoms with Crippen LogP contribution in [0.3, 0.4) is 0 Å². The summed E-state index contributed by atoms with van der Waals surface area (Å²) >= 11 is 1.51. The minimum Gasteiger partial charge on any atom is -0.345 e. The fraction of sp³-hybridized carbons (Fsp3) is 0.130. The van der Waals surface area contributed by atoms with Crippen molar-refractivity contribution in [2.75, 3.05) is 19.4 Å². The van der Waals surface area contributed by atoms with Crippen LogP contribution in [0.5, 0.6) is 0 Å². The molecule has 0 aliphatic rings. The Morgan fingerprint density at radius 3 is 1.96 bits per heavy atom. The highest BCUT2D eigenvalue weighted by Crippen LogP contribution is 2.36. The van der Waals surface area contributed by atoms with Crippen LogP contribution in [0.25, 0.3) is 0 Å². The van der Waals surface area contributed by atoms with Crippen molar-refractivity contribution >= 4 is 29.3 Å². The Hall–Kier alpha value is -3.05. The van der Waals surface area contributed by atoms with Crippen molar-refractivity contribution in [1.29, 1.82) is 0 Å². The van der Waals surface area contributed by atoms with Crippen LogP contribution in [0.15, 0.2) is 89.8 Å². The van der Waals surface area contributed by atoms with Gasteiger partial charge in [0.15, 0.2) is 0 Å². The van der Waals surface area contributed by atoms with Crippen LogP contribution < -0.4 is 5.32 Å². The van der Waals surface area contributed by atoms with Gasteiger partial charge in [0.05, 0.1) is 0 Å². The summed E-state index contributed by atoms with van der Waals surface area (Å²) < 4.78 is 0. The number of hydrogen-bond donors (Lipinski definition) is 1. The molecule has 0 bridgehead atoms. The quantitative estimate of drug-likeness (QED) is 0.612. The lowest BCUT2D eigenvalue weighted by Gasteiger charge is -2.17. The molecule has 3 aromatic rings. The minimum absolute atomic E-state index is 0.0697. The third-order valence-corrected chi connectivity index (χ3v) is 5.41. The van der Waals surface area contributed by atoms with Crippen LogP contribution in [0.1, 0.15) is 21.2 Å². The molecule has 1 atom stereocenters. The van der Waals surface area contributed by atoms with Crippen molar-refractivity contribution in [2.24, 2.45) is 0 Å². The average Bonchev–Trinajstić information content (AvgIpc) is 2.73. The van der Waals surface area contributed by atoms with Crippen LogP contribution in [-0.4, -0.2) is 30.8 Å². The predicted molar refractivity (Wildman–Crippen MR) is 115 cm³/mol. The number of nitrogens with zero attached hydrogens (tertiary/aromatic N) is 1. The Morgan fingerprint density at radius 1 is 0.821 bits per heavy atom. The second kappa shape index (κ2) is 9.24. The Kier molecular flexibility index (Phi) is 6.50. The lowest BCUT2D eigenvalue weighted by atomic mass is 10.1. The van der Waals surface area contributed by atoms with Gasteiger partial charge in [0, 0.05) is 30.2 Å². The van der Waals surface area contributed by atoms with Crippen LogP contribution >= 0.6 is 11.8 Å². The van der Waals surface area contributed by atoms with Gasteiger partial charge in [-0.05, 0) is 42.0 Å². The van der Waals surface area contributed by atoms with Crippen molar-refractivity contribution < 1.29 is 9.59 Å². The standard InChI is InChI=1S/C23H22N2O2S/c1-25(2)23(27)18-13-15-19(16-14-18)24-22(26)21(17-9-5-3-6-10-17)28-20-11-7-4-8-12-20/h3-16,21H,1-2H3,(H,24,26)/t21-/m1/s1. The largest absolute Gasteiger partial charge is 0.345 e. The number of rotatable bonds is 6. The highest BCUT2D eigenvalue weighted by Gasteiger charge is 2.22. The molecule has 5 heteroatoms. The number of carbonyl (C=O) groups excluding carboxylic acids is 2. The highest BCUT2D eigenvalue weighted by atomic mass is 32.2. The maximum atomic E-state index is 13.0. The first-order chi connectivity index (χ1) is 13.5. The Morgan fingerprint density at radius 2 is 1.39 bits per heavy atom. The van der Waals surface area contributed by atoms with Gasteiger partial charge < -0.3 is 10.2 Å². The van der Waals surface area contributed by atoms with Gasteiger partial charge in [0.2, 0.25) is 5.91 Å². The molecule has 4 nitrogen and oxygen atoms in total.